The highest BCUT2D eigenvalue weighted by Gasteiger charge is 2.30. The molecule has 31 heavy (non-hydrogen) atoms. The van der Waals surface area contributed by atoms with E-state index in [9.17, 15) is 9.59 Å². The Balaban J connectivity index is 1.35. The Kier molecular flexibility index (Phi) is 5.71. The molecule has 156 valence electrons. The summed E-state index contributed by atoms with van der Waals surface area (Å²) in [6, 6.07) is 15.5. The van der Waals surface area contributed by atoms with Gasteiger partial charge in [-0.3, -0.25) is 14.9 Å². The van der Waals surface area contributed by atoms with Crippen molar-refractivity contribution >= 4 is 67.8 Å². The Labute approximate surface area is 191 Å². The molecular weight excluding hydrogens is 448 g/mol. The summed E-state index contributed by atoms with van der Waals surface area (Å²) >= 11 is 4.64. The summed E-state index contributed by atoms with van der Waals surface area (Å²) in [5, 5.41) is 18.4. The van der Waals surface area contributed by atoms with Gasteiger partial charge in [0.15, 0.2) is 4.34 Å². The second kappa shape index (κ2) is 8.78. The van der Waals surface area contributed by atoms with Gasteiger partial charge in [-0.1, -0.05) is 53.4 Å². The van der Waals surface area contributed by atoms with E-state index in [2.05, 4.69) is 26.9 Å². The number of amides is 2. The van der Waals surface area contributed by atoms with Crippen molar-refractivity contribution in [3.05, 3.63) is 64.4 Å². The minimum Gasteiger partial charge on any atom is -0.325 e. The van der Waals surface area contributed by atoms with Gasteiger partial charge in [0.2, 0.25) is 11.0 Å². The highest BCUT2D eigenvalue weighted by molar-refractivity contribution is 8.00. The van der Waals surface area contributed by atoms with Crippen LogP contribution in [0.4, 0.5) is 10.8 Å². The van der Waals surface area contributed by atoms with Crippen LogP contribution in [0.5, 0.6) is 0 Å². The fraction of sp³-hybridized carbons (Fsp3) is 0.182. The number of benzene rings is 2. The SMILES string of the molecule is O=C(Nc1nnc(SCc2cccs2)s1)c1cc2ccccc2cc1NC(=O)C1CC1. The van der Waals surface area contributed by atoms with E-state index in [1.165, 1.54) is 16.2 Å². The van der Waals surface area contributed by atoms with Gasteiger partial charge in [-0.2, -0.15) is 0 Å². The van der Waals surface area contributed by atoms with E-state index in [4.69, 9.17) is 0 Å². The molecule has 1 aliphatic carbocycles. The van der Waals surface area contributed by atoms with Crippen molar-refractivity contribution in [2.45, 2.75) is 22.9 Å². The fourth-order valence-electron chi connectivity index (χ4n) is 3.12. The molecular formula is C22H18N4O2S3. The molecule has 2 amide bonds. The van der Waals surface area contributed by atoms with Crippen LogP contribution in [0.1, 0.15) is 28.1 Å². The number of carbonyl (C=O) groups is 2. The maximum absolute atomic E-state index is 13.1. The molecule has 0 atom stereocenters. The second-order valence-corrected chi connectivity index (χ2v) is 10.4. The van der Waals surface area contributed by atoms with Crippen molar-refractivity contribution in [2.75, 3.05) is 10.6 Å². The normalized spacial score (nSPS) is 13.3. The fourth-order valence-corrected chi connectivity index (χ4v) is 5.64. The lowest BCUT2D eigenvalue weighted by atomic mass is 10.0. The van der Waals surface area contributed by atoms with Gasteiger partial charge in [-0.05, 0) is 47.2 Å². The maximum atomic E-state index is 13.1. The van der Waals surface area contributed by atoms with Gasteiger partial charge in [0.05, 0.1) is 11.3 Å². The molecule has 6 nitrogen and oxygen atoms in total. The number of aromatic nitrogens is 2. The molecule has 1 fully saturated rings. The molecule has 9 heteroatoms. The number of thioether (sulfide) groups is 1. The van der Waals surface area contributed by atoms with E-state index < -0.39 is 0 Å². The van der Waals surface area contributed by atoms with Gasteiger partial charge in [-0.15, -0.1) is 21.5 Å². The smallest absolute Gasteiger partial charge is 0.259 e. The average Bonchev–Trinajstić information content (AvgIpc) is 3.32. The Bertz CT molecular complexity index is 1250. The minimum atomic E-state index is -0.317. The van der Waals surface area contributed by atoms with Gasteiger partial charge >= 0.3 is 0 Å². The van der Waals surface area contributed by atoms with Crippen molar-refractivity contribution < 1.29 is 9.59 Å². The standard InChI is InChI=1S/C22H18N4O2S3/c27-19(13-7-8-13)23-18-11-15-5-2-1-4-14(15)10-17(18)20(28)24-21-25-26-22(31-21)30-12-16-6-3-9-29-16/h1-6,9-11,13H,7-8,12H2,(H,23,27)(H,24,25,28). The van der Waals surface area contributed by atoms with Crippen LogP contribution in [-0.2, 0) is 10.5 Å². The highest BCUT2D eigenvalue weighted by Crippen LogP contribution is 2.33. The third-order valence-electron chi connectivity index (χ3n) is 4.88. The molecule has 0 saturated heterocycles. The Morgan fingerprint density at radius 3 is 2.58 bits per heavy atom. The van der Waals surface area contributed by atoms with Crippen LogP contribution >= 0.6 is 34.4 Å². The van der Waals surface area contributed by atoms with E-state index in [1.807, 2.05) is 41.8 Å². The zero-order valence-electron chi connectivity index (χ0n) is 16.3. The molecule has 1 saturated carbocycles. The largest absolute Gasteiger partial charge is 0.325 e. The van der Waals surface area contributed by atoms with Gasteiger partial charge in [-0.25, -0.2) is 0 Å². The summed E-state index contributed by atoms with van der Waals surface area (Å²) in [6.45, 7) is 0. The molecule has 0 radical (unpaired) electrons. The molecule has 5 rings (SSSR count). The number of fused-ring (bicyclic) bond motifs is 1. The van der Waals surface area contributed by atoms with Crippen LogP contribution in [0.3, 0.4) is 0 Å². The monoisotopic (exact) mass is 466 g/mol. The second-order valence-electron chi connectivity index (χ2n) is 7.20. The first-order valence-electron chi connectivity index (χ1n) is 9.79. The molecule has 2 aromatic heterocycles. The molecule has 0 aliphatic heterocycles. The number of hydrogen-bond donors (Lipinski definition) is 2. The van der Waals surface area contributed by atoms with Crippen molar-refractivity contribution in [3.63, 3.8) is 0 Å². The van der Waals surface area contributed by atoms with Gasteiger partial charge < -0.3 is 5.32 Å². The highest BCUT2D eigenvalue weighted by atomic mass is 32.2. The number of nitrogens with zero attached hydrogens (tertiary/aromatic N) is 2. The van der Waals surface area contributed by atoms with E-state index in [1.54, 1.807) is 29.2 Å². The van der Waals surface area contributed by atoms with Gasteiger partial charge in [0, 0.05) is 16.5 Å². The number of hydrogen-bond acceptors (Lipinski definition) is 7. The summed E-state index contributed by atoms with van der Waals surface area (Å²) in [5.74, 6) is 0.520. The topological polar surface area (TPSA) is 84.0 Å². The zero-order valence-corrected chi connectivity index (χ0v) is 18.8. The van der Waals surface area contributed by atoms with Gasteiger partial charge in [0.25, 0.3) is 5.91 Å². The number of rotatable bonds is 7. The van der Waals surface area contributed by atoms with Crippen LogP contribution in [-0.4, -0.2) is 22.0 Å². The average molecular weight is 467 g/mol. The predicted molar refractivity (Wildman–Crippen MR) is 127 cm³/mol. The summed E-state index contributed by atoms with van der Waals surface area (Å²) in [5.41, 5.74) is 0.931. The Morgan fingerprint density at radius 1 is 1.03 bits per heavy atom. The van der Waals surface area contributed by atoms with E-state index in [0.717, 1.165) is 33.7 Å². The first kappa shape index (κ1) is 20.2. The van der Waals surface area contributed by atoms with Crippen LogP contribution < -0.4 is 10.6 Å². The first-order chi connectivity index (χ1) is 15.2. The van der Waals surface area contributed by atoms with Gasteiger partial charge in [0.1, 0.15) is 0 Å². The van der Waals surface area contributed by atoms with Crippen LogP contribution in [0.25, 0.3) is 10.8 Å². The van der Waals surface area contributed by atoms with Crippen LogP contribution in [0, 0.1) is 5.92 Å². The lowest BCUT2D eigenvalue weighted by Crippen LogP contribution is -2.19. The van der Waals surface area contributed by atoms with E-state index in [-0.39, 0.29) is 17.7 Å². The summed E-state index contributed by atoms with van der Waals surface area (Å²) in [7, 11) is 0. The number of thiophene rings is 1. The summed E-state index contributed by atoms with van der Waals surface area (Å²) in [4.78, 5) is 26.7. The van der Waals surface area contributed by atoms with Crippen molar-refractivity contribution in [1.82, 2.24) is 10.2 Å². The van der Waals surface area contributed by atoms with Crippen molar-refractivity contribution in [2.24, 2.45) is 5.92 Å². The molecule has 0 spiro atoms. The minimum absolute atomic E-state index is 0.0347. The Hall–Kier alpha value is -2.75. The maximum Gasteiger partial charge on any atom is 0.259 e. The third-order valence-corrected chi connectivity index (χ3v) is 7.96. The summed E-state index contributed by atoms with van der Waals surface area (Å²) in [6.07, 6.45) is 1.80. The lowest BCUT2D eigenvalue weighted by molar-refractivity contribution is -0.117. The molecule has 0 bridgehead atoms. The zero-order chi connectivity index (χ0) is 21.2. The lowest BCUT2D eigenvalue weighted by Gasteiger charge is -2.12. The molecule has 2 N–H and O–H groups in total. The first-order valence-corrected chi connectivity index (χ1v) is 12.5. The molecule has 4 aromatic rings. The Morgan fingerprint density at radius 2 is 1.84 bits per heavy atom. The van der Waals surface area contributed by atoms with E-state index in [0.29, 0.717) is 16.4 Å². The third kappa shape index (κ3) is 4.79. The molecule has 1 aliphatic rings. The number of anilines is 2. The van der Waals surface area contributed by atoms with Crippen LogP contribution in [0.2, 0.25) is 0 Å². The van der Waals surface area contributed by atoms with E-state index >= 15 is 0 Å². The predicted octanol–water partition coefficient (Wildman–Crippen LogP) is 5.65. The van der Waals surface area contributed by atoms with Crippen molar-refractivity contribution in [1.29, 1.82) is 0 Å². The number of carbonyl (C=O) groups excluding carboxylic acids is 2. The van der Waals surface area contributed by atoms with Crippen LogP contribution in [0.15, 0.2) is 58.3 Å². The molecule has 0 unspecified atom stereocenters. The quantitative estimate of drug-likeness (QED) is 0.272. The number of nitrogens with one attached hydrogen (secondary N) is 2. The molecule has 2 aromatic carbocycles. The van der Waals surface area contributed by atoms with Crippen molar-refractivity contribution in [3.8, 4) is 0 Å². The molecule has 2 heterocycles. The summed E-state index contributed by atoms with van der Waals surface area (Å²) < 4.78 is 0.796.